The van der Waals surface area contributed by atoms with Crippen LogP contribution in [-0.4, -0.2) is 55.7 Å². The molecule has 9 heteroatoms. The van der Waals surface area contributed by atoms with Gasteiger partial charge in [-0.2, -0.15) is 10.1 Å². The van der Waals surface area contributed by atoms with E-state index in [0.717, 1.165) is 30.5 Å². The first-order valence-electron chi connectivity index (χ1n) is 10.7. The highest BCUT2D eigenvalue weighted by Gasteiger charge is 2.14. The summed E-state index contributed by atoms with van der Waals surface area (Å²) in [7, 11) is 0. The summed E-state index contributed by atoms with van der Waals surface area (Å²) in [6, 6.07) is 14.7. The first-order valence-corrected chi connectivity index (χ1v) is 10.7. The molecule has 172 valence electrons. The summed E-state index contributed by atoms with van der Waals surface area (Å²) in [5, 5.41) is 4.32. The third-order valence-corrected chi connectivity index (χ3v) is 4.88. The van der Waals surface area contributed by atoms with Crippen molar-refractivity contribution in [3.8, 4) is 11.8 Å². The number of nitrogens with one attached hydrogen (secondary N) is 1. The lowest BCUT2D eigenvalue weighted by Gasteiger charge is -2.29. The highest BCUT2D eigenvalue weighted by Crippen LogP contribution is 2.25. The van der Waals surface area contributed by atoms with Crippen molar-refractivity contribution in [1.82, 2.24) is 9.97 Å². The molecule has 0 saturated carbocycles. The van der Waals surface area contributed by atoms with Crippen LogP contribution in [0.25, 0.3) is 0 Å². The zero-order chi connectivity index (χ0) is 22.9. The second-order valence-electron chi connectivity index (χ2n) is 7.44. The standard InChI is InChI=1S/C24H26FN5O3/c1-18-3-2-4-19(13-18)16-27-29-22-14-21(30-7-9-31-10-8-30)15-24(28-22)33-12-11-32-23-6-5-20(25)17-26-23/h2-6,13-17H,7-12H2,1H3,(H,28,29). The van der Waals surface area contributed by atoms with Gasteiger partial charge in [0.1, 0.15) is 19.0 Å². The number of benzene rings is 1. The molecule has 3 aromatic rings. The van der Waals surface area contributed by atoms with E-state index in [9.17, 15) is 4.39 Å². The number of aryl methyl sites for hydroxylation is 1. The summed E-state index contributed by atoms with van der Waals surface area (Å²) in [6.07, 6.45) is 2.86. The Balaban J connectivity index is 1.41. The highest BCUT2D eigenvalue weighted by molar-refractivity contribution is 5.80. The summed E-state index contributed by atoms with van der Waals surface area (Å²) < 4.78 is 29.7. The lowest BCUT2D eigenvalue weighted by Crippen LogP contribution is -2.36. The summed E-state index contributed by atoms with van der Waals surface area (Å²) in [5.74, 6) is 0.942. The predicted molar refractivity (Wildman–Crippen MR) is 125 cm³/mol. The van der Waals surface area contributed by atoms with Crippen LogP contribution in [0.15, 0.2) is 59.8 Å². The van der Waals surface area contributed by atoms with E-state index in [1.807, 2.05) is 43.3 Å². The van der Waals surface area contributed by atoms with Gasteiger partial charge in [0.05, 0.1) is 25.6 Å². The number of hydrogen-bond acceptors (Lipinski definition) is 8. The van der Waals surface area contributed by atoms with Crippen molar-refractivity contribution in [2.24, 2.45) is 5.10 Å². The fraction of sp³-hybridized carbons (Fsp3) is 0.292. The van der Waals surface area contributed by atoms with E-state index >= 15 is 0 Å². The van der Waals surface area contributed by atoms with Crippen LogP contribution < -0.4 is 19.8 Å². The van der Waals surface area contributed by atoms with Gasteiger partial charge in [0.25, 0.3) is 0 Å². The maximum absolute atomic E-state index is 12.9. The molecule has 1 N–H and O–H groups in total. The first-order chi connectivity index (χ1) is 16.2. The topological polar surface area (TPSA) is 81.1 Å². The van der Waals surface area contributed by atoms with Gasteiger partial charge >= 0.3 is 0 Å². The van der Waals surface area contributed by atoms with Crippen LogP contribution in [0, 0.1) is 12.7 Å². The third-order valence-electron chi connectivity index (χ3n) is 4.88. The molecule has 0 atom stereocenters. The number of hydrazone groups is 1. The number of morpholine rings is 1. The maximum atomic E-state index is 12.9. The van der Waals surface area contributed by atoms with Gasteiger partial charge in [0.2, 0.25) is 11.8 Å². The minimum absolute atomic E-state index is 0.246. The smallest absolute Gasteiger partial charge is 0.217 e. The Morgan fingerprint density at radius 3 is 2.67 bits per heavy atom. The zero-order valence-corrected chi connectivity index (χ0v) is 18.4. The normalized spacial score (nSPS) is 13.8. The average Bonchev–Trinajstić information content (AvgIpc) is 2.83. The average molecular weight is 452 g/mol. The van der Waals surface area contributed by atoms with E-state index in [1.54, 1.807) is 6.21 Å². The molecule has 33 heavy (non-hydrogen) atoms. The van der Waals surface area contributed by atoms with Crippen molar-refractivity contribution < 1.29 is 18.6 Å². The van der Waals surface area contributed by atoms with Crippen molar-refractivity contribution in [2.75, 3.05) is 49.8 Å². The number of rotatable bonds is 9. The molecular weight excluding hydrogens is 425 g/mol. The summed E-state index contributed by atoms with van der Waals surface area (Å²) in [6.45, 7) is 5.46. The van der Waals surface area contributed by atoms with Gasteiger partial charge in [-0.1, -0.05) is 29.8 Å². The van der Waals surface area contributed by atoms with Crippen molar-refractivity contribution in [3.05, 3.63) is 71.7 Å². The first kappa shape index (κ1) is 22.5. The molecule has 4 rings (SSSR count). The van der Waals surface area contributed by atoms with E-state index in [-0.39, 0.29) is 13.2 Å². The van der Waals surface area contributed by atoms with E-state index in [0.29, 0.717) is 30.8 Å². The van der Waals surface area contributed by atoms with Crippen LogP contribution in [0.2, 0.25) is 0 Å². The molecule has 2 aromatic heterocycles. The van der Waals surface area contributed by atoms with Crippen LogP contribution in [0.3, 0.4) is 0 Å². The fourth-order valence-electron chi connectivity index (χ4n) is 3.29. The number of aromatic nitrogens is 2. The molecule has 0 bridgehead atoms. The monoisotopic (exact) mass is 451 g/mol. The summed E-state index contributed by atoms with van der Waals surface area (Å²) >= 11 is 0. The molecule has 3 heterocycles. The Bertz CT molecular complexity index is 1070. The summed E-state index contributed by atoms with van der Waals surface area (Å²) in [5.41, 5.74) is 6.13. The molecule has 1 saturated heterocycles. The Kier molecular flexibility index (Phi) is 7.65. The Morgan fingerprint density at radius 2 is 1.91 bits per heavy atom. The van der Waals surface area contributed by atoms with Crippen molar-refractivity contribution in [1.29, 1.82) is 0 Å². The highest BCUT2D eigenvalue weighted by atomic mass is 19.1. The lowest BCUT2D eigenvalue weighted by atomic mass is 10.2. The van der Waals surface area contributed by atoms with Crippen LogP contribution >= 0.6 is 0 Å². The van der Waals surface area contributed by atoms with Gasteiger partial charge in [0, 0.05) is 37.0 Å². The van der Waals surface area contributed by atoms with Gasteiger partial charge in [0.15, 0.2) is 5.82 Å². The summed E-state index contributed by atoms with van der Waals surface area (Å²) in [4.78, 5) is 10.6. The van der Waals surface area contributed by atoms with E-state index < -0.39 is 5.82 Å². The number of halogens is 1. The predicted octanol–water partition coefficient (Wildman–Crippen LogP) is 3.66. The van der Waals surface area contributed by atoms with Gasteiger partial charge in [-0.05, 0) is 18.6 Å². The van der Waals surface area contributed by atoms with Crippen LogP contribution in [0.4, 0.5) is 15.9 Å². The number of ether oxygens (including phenoxy) is 3. The SMILES string of the molecule is Cc1cccc(C=NNc2cc(N3CCOCC3)cc(OCCOc3ccc(F)cn3)n2)c1. The van der Waals surface area contributed by atoms with E-state index in [1.165, 1.54) is 17.7 Å². The molecule has 0 spiro atoms. The quantitative estimate of drug-likeness (QED) is 0.302. The third kappa shape index (κ3) is 6.88. The number of hydrogen-bond donors (Lipinski definition) is 1. The molecule has 0 radical (unpaired) electrons. The molecule has 1 aromatic carbocycles. The number of anilines is 2. The minimum Gasteiger partial charge on any atom is -0.474 e. The van der Waals surface area contributed by atoms with Gasteiger partial charge in [-0.25, -0.2) is 9.37 Å². The molecule has 1 fully saturated rings. The van der Waals surface area contributed by atoms with E-state index in [2.05, 4.69) is 25.4 Å². The maximum Gasteiger partial charge on any atom is 0.217 e. The molecular formula is C24H26FN5O3. The van der Waals surface area contributed by atoms with Crippen LogP contribution in [-0.2, 0) is 4.74 Å². The number of pyridine rings is 2. The second-order valence-corrected chi connectivity index (χ2v) is 7.44. The van der Waals surface area contributed by atoms with Crippen LogP contribution in [0.1, 0.15) is 11.1 Å². The van der Waals surface area contributed by atoms with Gasteiger partial charge < -0.3 is 19.1 Å². The minimum atomic E-state index is -0.409. The molecule has 0 amide bonds. The molecule has 0 aliphatic carbocycles. The molecule has 0 unspecified atom stereocenters. The number of nitrogens with zero attached hydrogens (tertiary/aromatic N) is 4. The van der Waals surface area contributed by atoms with Crippen molar-refractivity contribution >= 4 is 17.7 Å². The molecule has 8 nitrogen and oxygen atoms in total. The molecule has 1 aliphatic heterocycles. The van der Waals surface area contributed by atoms with Crippen molar-refractivity contribution in [3.63, 3.8) is 0 Å². The Hall–Kier alpha value is -3.72. The zero-order valence-electron chi connectivity index (χ0n) is 18.4. The van der Waals surface area contributed by atoms with E-state index in [4.69, 9.17) is 14.2 Å². The molecule has 1 aliphatic rings. The largest absolute Gasteiger partial charge is 0.474 e. The fourth-order valence-corrected chi connectivity index (χ4v) is 3.29. The lowest BCUT2D eigenvalue weighted by molar-refractivity contribution is 0.122. The van der Waals surface area contributed by atoms with Gasteiger partial charge in [-0.15, -0.1) is 0 Å². The Morgan fingerprint density at radius 1 is 1.09 bits per heavy atom. The van der Waals surface area contributed by atoms with Crippen molar-refractivity contribution in [2.45, 2.75) is 6.92 Å². The van der Waals surface area contributed by atoms with Crippen LogP contribution in [0.5, 0.6) is 11.8 Å². The Labute approximate surface area is 192 Å². The van der Waals surface area contributed by atoms with Gasteiger partial charge in [-0.3, -0.25) is 5.43 Å². The second kappa shape index (κ2) is 11.2.